The standard InChI is InChI=1S/C25H26FN5O2S/c1-16-12-18(15-28-21(16)14-27)30-23(32)25(8-3-9-25)31(24(30)34)17-4-5-22(20(26)13-17)33-19-6-10-29(2)11-7-19/h4-5,12-13,15,19H,3,6-11H2,1-2H3. The molecule has 2 saturated heterocycles. The molecule has 7 nitrogen and oxygen atoms in total. The lowest BCUT2D eigenvalue weighted by Crippen LogP contribution is -2.55. The van der Waals surface area contributed by atoms with Gasteiger partial charge >= 0.3 is 0 Å². The van der Waals surface area contributed by atoms with Gasteiger partial charge in [0.15, 0.2) is 16.7 Å². The molecule has 5 rings (SSSR count). The average Bonchev–Trinajstić information content (AvgIpc) is 3.03. The van der Waals surface area contributed by atoms with E-state index in [4.69, 9.17) is 17.0 Å². The molecule has 0 N–H and O–H groups in total. The number of rotatable bonds is 4. The van der Waals surface area contributed by atoms with E-state index in [1.807, 2.05) is 6.07 Å². The van der Waals surface area contributed by atoms with E-state index < -0.39 is 11.4 Å². The molecule has 2 aliphatic heterocycles. The first-order chi connectivity index (χ1) is 16.3. The predicted molar refractivity (Wildman–Crippen MR) is 130 cm³/mol. The number of thiocarbonyl (C=S) groups is 1. The SMILES string of the molecule is Cc1cc(N2C(=O)C3(CCC3)N(c3ccc(OC4CCN(C)CC4)c(F)c3)C2=S)cnc1C#N. The smallest absolute Gasteiger partial charge is 0.259 e. The molecule has 34 heavy (non-hydrogen) atoms. The number of halogens is 1. The zero-order valence-corrected chi connectivity index (χ0v) is 20.1. The summed E-state index contributed by atoms with van der Waals surface area (Å²) in [7, 11) is 2.07. The van der Waals surface area contributed by atoms with Crippen LogP contribution >= 0.6 is 12.2 Å². The summed E-state index contributed by atoms with van der Waals surface area (Å²) in [5.41, 5.74) is 1.20. The Hall–Kier alpha value is -3.09. The van der Waals surface area contributed by atoms with Crippen molar-refractivity contribution in [3.8, 4) is 11.8 Å². The molecule has 0 atom stereocenters. The minimum absolute atomic E-state index is 0.00780. The second kappa shape index (κ2) is 8.60. The fraction of sp³-hybridized carbons (Fsp3) is 0.440. The monoisotopic (exact) mass is 479 g/mol. The number of nitriles is 1. The van der Waals surface area contributed by atoms with Gasteiger partial charge in [-0.2, -0.15) is 5.26 Å². The molecule has 1 amide bonds. The lowest BCUT2D eigenvalue weighted by Gasteiger charge is -2.43. The van der Waals surface area contributed by atoms with Crippen molar-refractivity contribution in [1.82, 2.24) is 9.88 Å². The van der Waals surface area contributed by atoms with Gasteiger partial charge in [0.05, 0.1) is 11.9 Å². The van der Waals surface area contributed by atoms with Gasteiger partial charge < -0.3 is 14.5 Å². The number of amides is 1. The highest BCUT2D eigenvalue weighted by molar-refractivity contribution is 7.81. The Labute approximate surface area is 203 Å². The van der Waals surface area contributed by atoms with E-state index in [0.29, 0.717) is 40.6 Å². The Balaban J connectivity index is 1.44. The fourth-order valence-electron chi connectivity index (χ4n) is 5.01. The van der Waals surface area contributed by atoms with Crippen LogP contribution in [0.25, 0.3) is 0 Å². The predicted octanol–water partition coefficient (Wildman–Crippen LogP) is 3.93. The molecular weight excluding hydrogens is 453 g/mol. The largest absolute Gasteiger partial charge is 0.487 e. The maximum Gasteiger partial charge on any atom is 0.259 e. The summed E-state index contributed by atoms with van der Waals surface area (Å²) in [5, 5.41) is 9.48. The van der Waals surface area contributed by atoms with E-state index in [0.717, 1.165) is 32.4 Å². The zero-order chi connectivity index (χ0) is 24.0. The molecule has 176 valence electrons. The minimum Gasteiger partial charge on any atom is -0.487 e. The topological polar surface area (TPSA) is 72.7 Å². The quantitative estimate of drug-likeness (QED) is 0.615. The fourth-order valence-corrected chi connectivity index (χ4v) is 5.48. The van der Waals surface area contributed by atoms with Crippen LogP contribution in [0.2, 0.25) is 0 Å². The maximum atomic E-state index is 15.1. The third kappa shape index (κ3) is 3.62. The molecule has 1 saturated carbocycles. The Morgan fingerprint density at radius 1 is 1.24 bits per heavy atom. The number of aryl methyl sites for hydroxylation is 1. The van der Waals surface area contributed by atoms with Crippen LogP contribution in [0, 0.1) is 24.1 Å². The van der Waals surface area contributed by atoms with Crippen molar-refractivity contribution in [1.29, 1.82) is 5.26 Å². The molecule has 3 heterocycles. The number of pyridine rings is 1. The summed E-state index contributed by atoms with van der Waals surface area (Å²) >= 11 is 5.75. The molecular formula is C25H26FN5O2S. The van der Waals surface area contributed by atoms with Gasteiger partial charge in [-0.15, -0.1) is 0 Å². The molecule has 2 aromatic rings. The van der Waals surface area contributed by atoms with Crippen LogP contribution < -0.4 is 14.5 Å². The van der Waals surface area contributed by atoms with Crippen molar-refractivity contribution in [3.63, 3.8) is 0 Å². The molecule has 0 radical (unpaired) electrons. The van der Waals surface area contributed by atoms with Crippen LogP contribution in [0.15, 0.2) is 30.5 Å². The lowest BCUT2D eigenvalue weighted by molar-refractivity contribution is -0.123. The van der Waals surface area contributed by atoms with Crippen LogP contribution in [-0.2, 0) is 4.79 Å². The summed E-state index contributed by atoms with van der Waals surface area (Å²) in [5.74, 6) is -0.376. The van der Waals surface area contributed by atoms with E-state index in [2.05, 4.69) is 16.9 Å². The molecule has 1 spiro atoms. The molecule has 3 aliphatic rings. The van der Waals surface area contributed by atoms with Gasteiger partial charge in [0, 0.05) is 24.8 Å². The van der Waals surface area contributed by atoms with Crippen molar-refractivity contribution in [2.75, 3.05) is 29.9 Å². The number of anilines is 2. The van der Waals surface area contributed by atoms with Gasteiger partial charge in [0.2, 0.25) is 0 Å². The van der Waals surface area contributed by atoms with E-state index >= 15 is 4.39 Å². The van der Waals surface area contributed by atoms with Crippen molar-refractivity contribution in [2.45, 2.75) is 50.7 Å². The lowest BCUT2D eigenvalue weighted by atomic mass is 9.75. The first-order valence-electron chi connectivity index (χ1n) is 11.5. The zero-order valence-electron chi connectivity index (χ0n) is 19.3. The minimum atomic E-state index is -0.818. The number of benzene rings is 1. The highest BCUT2D eigenvalue weighted by Crippen LogP contribution is 2.48. The van der Waals surface area contributed by atoms with Gasteiger partial charge in [0.1, 0.15) is 23.4 Å². The number of aromatic nitrogens is 1. The molecule has 0 bridgehead atoms. The highest BCUT2D eigenvalue weighted by Gasteiger charge is 2.59. The molecule has 3 fully saturated rings. The number of hydrogen-bond acceptors (Lipinski definition) is 6. The molecule has 1 aromatic heterocycles. The normalized spacial score (nSPS) is 20.5. The first kappa shape index (κ1) is 22.7. The Kier molecular flexibility index (Phi) is 5.74. The van der Waals surface area contributed by atoms with Gasteiger partial charge in [-0.3, -0.25) is 9.69 Å². The van der Waals surface area contributed by atoms with Gasteiger partial charge in [-0.25, -0.2) is 9.37 Å². The van der Waals surface area contributed by atoms with Crippen LogP contribution in [0.3, 0.4) is 0 Å². The van der Waals surface area contributed by atoms with Crippen molar-refractivity contribution in [2.24, 2.45) is 0 Å². The van der Waals surface area contributed by atoms with Crippen LogP contribution in [0.5, 0.6) is 5.75 Å². The van der Waals surface area contributed by atoms with Crippen LogP contribution in [0.1, 0.15) is 43.4 Å². The number of likely N-dealkylation sites (tertiary alicyclic amines) is 1. The average molecular weight is 480 g/mol. The highest BCUT2D eigenvalue weighted by atomic mass is 32.1. The van der Waals surface area contributed by atoms with E-state index in [-0.39, 0.29) is 17.8 Å². The Morgan fingerprint density at radius 3 is 2.56 bits per heavy atom. The number of carbonyl (C=O) groups is 1. The summed E-state index contributed by atoms with van der Waals surface area (Å²) in [6, 6.07) is 8.60. The van der Waals surface area contributed by atoms with Crippen molar-refractivity contribution >= 4 is 34.6 Å². The summed E-state index contributed by atoms with van der Waals surface area (Å²) in [4.78, 5) is 23.3. The van der Waals surface area contributed by atoms with Crippen LogP contribution in [0.4, 0.5) is 15.8 Å². The van der Waals surface area contributed by atoms with Gasteiger partial charge in [-0.05, 0) is 82.1 Å². The Bertz CT molecular complexity index is 1200. The van der Waals surface area contributed by atoms with Crippen LogP contribution in [-0.4, -0.2) is 52.7 Å². The summed E-state index contributed by atoms with van der Waals surface area (Å²) < 4.78 is 21.1. The van der Waals surface area contributed by atoms with E-state index in [1.54, 1.807) is 30.0 Å². The van der Waals surface area contributed by atoms with Crippen molar-refractivity contribution < 1.29 is 13.9 Å². The maximum absolute atomic E-state index is 15.1. The van der Waals surface area contributed by atoms with Gasteiger partial charge in [0.25, 0.3) is 5.91 Å². The van der Waals surface area contributed by atoms with E-state index in [1.165, 1.54) is 17.2 Å². The number of ether oxygens (including phenoxy) is 1. The molecule has 1 aliphatic carbocycles. The summed E-state index contributed by atoms with van der Waals surface area (Å²) in [6.07, 6.45) is 5.37. The second-order valence-electron chi connectivity index (χ2n) is 9.35. The summed E-state index contributed by atoms with van der Waals surface area (Å²) in [6.45, 7) is 3.63. The molecule has 1 aromatic carbocycles. The van der Waals surface area contributed by atoms with E-state index in [9.17, 15) is 10.1 Å². The van der Waals surface area contributed by atoms with Crippen molar-refractivity contribution in [3.05, 3.63) is 47.5 Å². The number of carbonyl (C=O) groups excluding carboxylic acids is 1. The third-order valence-corrected chi connectivity index (χ3v) is 7.52. The third-order valence-electron chi connectivity index (χ3n) is 7.15. The number of piperidine rings is 1. The Morgan fingerprint density at radius 2 is 1.97 bits per heavy atom. The van der Waals surface area contributed by atoms with Gasteiger partial charge in [-0.1, -0.05) is 0 Å². The number of hydrogen-bond donors (Lipinski definition) is 0. The number of nitrogens with zero attached hydrogens (tertiary/aromatic N) is 5. The molecule has 9 heteroatoms. The second-order valence-corrected chi connectivity index (χ2v) is 9.71. The molecule has 0 unspecified atom stereocenters. The first-order valence-corrected chi connectivity index (χ1v) is 11.9.